The Balaban J connectivity index is 2.14. The normalized spacial score (nSPS) is 10.8. The fourth-order valence-corrected chi connectivity index (χ4v) is 2.80. The predicted molar refractivity (Wildman–Crippen MR) is 75.6 cm³/mol. The van der Waals surface area contributed by atoms with Gasteiger partial charge in [0, 0.05) is 4.70 Å². The third-order valence-corrected chi connectivity index (χ3v) is 3.86. The maximum Gasteiger partial charge on any atom is 0.310 e. The van der Waals surface area contributed by atoms with Crippen LogP contribution in [0.4, 0.5) is 0 Å². The molecule has 3 rings (SSSR count). The third-order valence-electron chi connectivity index (χ3n) is 2.89. The topological polar surface area (TPSA) is 69.3 Å². The molecule has 20 heavy (non-hydrogen) atoms. The summed E-state index contributed by atoms with van der Waals surface area (Å²) < 4.78 is 6.97. The van der Waals surface area contributed by atoms with Gasteiger partial charge in [0.15, 0.2) is 12.0 Å². The first kappa shape index (κ1) is 12.6. The lowest BCUT2D eigenvalue weighted by molar-refractivity contribution is 0.109. The molecule has 0 saturated carbocycles. The van der Waals surface area contributed by atoms with Gasteiger partial charge < -0.3 is 4.42 Å². The fraction of sp³-hybridized carbons (Fsp3) is 0.0714. The Hall–Kier alpha value is -2.47. The van der Waals surface area contributed by atoms with Crippen LogP contribution in [0.2, 0.25) is 0 Å². The number of fused-ring (bicyclic) bond motifs is 1. The number of carbonyl (C=O) groups excluding carboxylic acids is 1. The van der Waals surface area contributed by atoms with Crippen LogP contribution in [-0.2, 0) is 6.54 Å². The summed E-state index contributed by atoms with van der Waals surface area (Å²) in [6.07, 6.45) is 0.577. The van der Waals surface area contributed by atoms with Crippen LogP contribution >= 0.6 is 11.3 Å². The molecule has 0 spiro atoms. The molecular formula is C14H9NO4S. The molecule has 2 heterocycles. The number of nitrogens with zero attached hydrogens (tertiary/aromatic N) is 1. The molecule has 0 atom stereocenters. The van der Waals surface area contributed by atoms with Crippen LogP contribution in [0, 0.1) is 0 Å². The third kappa shape index (κ3) is 2.10. The van der Waals surface area contributed by atoms with Crippen LogP contribution < -0.4 is 10.4 Å². The molecule has 0 aliphatic heterocycles. The molecule has 5 nitrogen and oxygen atoms in total. The maximum atomic E-state index is 12.3. The number of hydrogen-bond acceptors (Lipinski definition) is 5. The zero-order valence-electron chi connectivity index (χ0n) is 10.2. The molecule has 2 aromatic heterocycles. The average Bonchev–Trinajstić information content (AvgIpc) is 2.91. The van der Waals surface area contributed by atoms with Gasteiger partial charge in [0.1, 0.15) is 5.76 Å². The molecule has 0 radical (unpaired) electrons. The van der Waals surface area contributed by atoms with E-state index >= 15 is 0 Å². The quantitative estimate of drug-likeness (QED) is 0.690. The highest BCUT2D eigenvalue weighted by Crippen LogP contribution is 2.12. The number of hydrogen-bond donors (Lipinski definition) is 0. The molecule has 0 aliphatic carbocycles. The Labute approximate surface area is 116 Å². The zero-order valence-corrected chi connectivity index (χ0v) is 11.1. The van der Waals surface area contributed by atoms with E-state index in [1.807, 2.05) is 0 Å². The van der Waals surface area contributed by atoms with Crippen molar-refractivity contribution in [2.24, 2.45) is 0 Å². The van der Waals surface area contributed by atoms with Crippen LogP contribution in [0.3, 0.4) is 0 Å². The molecule has 3 aromatic rings. The van der Waals surface area contributed by atoms with Gasteiger partial charge in [0.25, 0.3) is 5.56 Å². The zero-order chi connectivity index (χ0) is 14.1. The summed E-state index contributed by atoms with van der Waals surface area (Å²) in [4.78, 5) is 34.5. The van der Waals surface area contributed by atoms with Crippen LogP contribution in [0.5, 0.6) is 0 Å². The Morgan fingerprint density at radius 3 is 2.70 bits per heavy atom. The highest BCUT2D eigenvalue weighted by molar-refractivity contribution is 7.16. The van der Waals surface area contributed by atoms with Crippen LogP contribution in [0.1, 0.15) is 16.3 Å². The summed E-state index contributed by atoms with van der Waals surface area (Å²) in [5.41, 5.74) is -0.353. The first-order valence-corrected chi connectivity index (χ1v) is 6.67. The predicted octanol–water partition coefficient (Wildman–Crippen LogP) is 1.88. The van der Waals surface area contributed by atoms with Gasteiger partial charge in [0.2, 0.25) is 0 Å². The van der Waals surface area contributed by atoms with E-state index in [1.54, 1.807) is 30.3 Å². The minimum atomic E-state index is -0.353. The lowest BCUT2D eigenvalue weighted by Crippen LogP contribution is -2.31. The van der Waals surface area contributed by atoms with Gasteiger partial charge in [0.05, 0.1) is 11.9 Å². The van der Waals surface area contributed by atoms with Gasteiger partial charge in [-0.15, -0.1) is 0 Å². The summed E-state index contributed by atoms with van der Waals surface area (Å²) in [5, 5.41) is 0.499. The number of rotatable bonds is 3. The average molecular weight is 287 g/mol. The Bertz CT molecular complexity index is 903. The lowest BCUT2D eigenvalue weighted by Gasteiger charge is -2.03. The molecule has 6 heteroatoms. The van der Waals surface area contributed by atoms with E-state index < -0.39 is 0 Å². The Morgan fingerprint density at radius 2 is 1.95 bits per heavy atom. The minimum absolute atomic E-state index is 0.0207. The standard InChI is InChI=1S/C14H9NO4S/c16-8-10-6-5-9(19-10)7-15-13(17)11-3-1-2-4-12(11)20-14(15)18/h1-6,8H,7H2. The van der Waals surface area contributed by atoms with Crippen LogP contribution in [0.15, 0.2) is 50.4 Å². The molecule has 0 aliphatic rings. The summed E-state index contributed by atoms with van der Waals surface area (Å²) in [6, 6.07) is 10.0. The van der Waals surface area contributed by atoms with Crippen molar-refractivity contribution in [3.05, 3.63) is 67.9 Å². The van der Waals surface area contributed by atoms with Crippen molar-refractivity contribution in [3.8, 4) is 0 Å². The highest BCUT2D eigenvalue weighted by Gasteiger charge is 2.10. The number of furan rings is 1. The summed E-state index contributed by atoms with van der Waals surface area (Å²) in [7, 11) is 0. The second kappa shape index (κ2) is 4.90. The van der Waals surface area contributed by atoms with Crippen molar-refractivity contribution in [2.75, 3.05) is 0 Å². The monoisotopic (exact) mass is 287 g/mol. The van der Waals surface area contributed by atoms with Gasteiger partial charge in [-0.3, -0.25) is 19.0 Å². The first-order valence-electron chi connectivity index (χ1n) is 5.85. The molecule has 0 bridgehead atoms. The van der Waals surface area contributed by atoms with Crippen molar-refractivity contribution in [1.29, 1.82) is 0 Å². The molecule has 0 saturated heterocycles. The second-order valence-corrected chi connectivity index (χ2v) is 5.17. The molecule has 0 fully saturated rings. The van der Waals surface area contributed by atoms with Crippen molar-refractivity contribution in [2.45, 2.75) is 6.54 Å². The minimum Gasteiger partial charge on any atom is -0.456 e. The molecule has 0 amide bonds. The maximum absolute atomic E-state index is 12.3. The van der Waals surface area contributed by atoms with E-state index in [0.717, 1.165) is 15.9 Å². The van der Waals surface area contributed by atoms with E-state index in [1.165, 1.54) is 6.07 Å². The van der Waals surface area contributed by atoms with E-state index in [2.05, 4.69) is 0 Å². The Morgan fingerprint density at radius 1 is 1.15 bits per heavy atom. The highest BCUT2D eigenvalue weighted by atomic mass is 32.1. The van der Waals surface area contributed by atoms with Crippen LogP contribution in [0.25, 0.3) is 10.1 Å². The van der Waals surface area contributed by atoms with Gasteiger partial charge in [-0.2, -0.15) is 0 Å². The van der Waals surface area contributed by atoms with Crippen molar-refractivity contribution in [3.63, 3.8) is 0 Å². The van der Waals surface area contributed by atoms with Gasteiger partial charge >= 0.3 is 4.87 Å². The van der Waals surface area contributed by atoms with E-state index in [9.17, 15) is 14.4 Å². The van der Waals surface area contributed by atoms with E-state index in [-0.39, 0.29) is 22.7 Å². The number of carbonyl (C=O) groups is 1. The summed E-state index contributed by atoms with van der Waals surface area (Å²) in [6.45, 7) is 0.0207. The molecule has 0 N–H and O–H groups in total. The van der Waals surface area contributed by atoms with Crippen LogP contribution in [-0.4, -0.2) is 10.9 Å². The number of aldehydes is 1. The summed E-state index contributed by atoms with van der Waals surface area (Å²) in [5.74, 6) is 0.568. The van der Waals surface area contributed by atoms with Crippen molar-refractivity contribution >= 4 is 27.7 Å². The molecule has 100 valence electrons. The van der Waals surface area contributed by atoms with Crippen molar-refractivity contribution in [1.82, 2.24) is 4.57 Å². The first-order chi connectivity index (χ1) is 9.69. The molecular weight excluding hydrogens is 278 g/mol. The van der Waals surface area contributed by atoms with Gasteiger partial charge in [-0.25, -0.2) is 0 Å². The summed E-state index contributed by atoms with van der Waals surface area (Å²) >= 11 is 1.01. The second-order valence-electron chi connectivity index (χ2n) is 4.18. The lowest BCUT2D eigenvalue weighted by atomic mass is 10.3. The fourth-order valence-electron chi connectivity index (χ4n) is 1.94. The van der Waals surface area contributed by atoms with Gasteiger partial charge in [-0.05, 0) is 24.3 Å². The van der Waals surface area contributed by atoms with Crippen molar-refractivity contribution < 1.29 is 9.21 Å². The molecule has 0 unspecified atom stereocenters. The number of aromatic nitrogens is 1. The number of benzene rings is 1. The van der Waals surface area contributed by atoms with Gasteiger partial charge in [-0.1, -0.05) is 23.5 Å². The van der Waals surface area contributed by atoms with E-state index in [4.69, 9.17) is 4.42 Å². The largest absolute Gasteiger partial charge is 0.456 e. The molecule has 1 aromatic carbocycles. The SMILES string of the molecule is O=Cc1ccc(Cn2c(=O)sc3ccccc3c2=O)o1. The Kier molecular flexibility index (Phi) is 3.08. The van der Waals surface area contributed by atoms with E-state index in [0.29, 0.717) is 22.1 Å². The smallest absolute Gasteiger partial charge is 0.310 e.